The van der Waals surface area contributed by atoms with Crippen molar-refractivity contribution in [1.82, 2.24) is 0 Å². The molecule has 12 atom stereocenters. The summed E-state index contributed by atoms with van der Waals surface area (Å²) in [7, 11) is 0. The van der Waals surface area contributed by atoms with Gasteiger partial charge in [0, 0.05) is 71.6 Å². The monoisotopic (exact) mass is 1530 g/mol. The highest BCUT2D eigenvalue weighted by atomic mass is 16.7. The number of esters is 4. The maximum absolute atomic E-state index is 13.4. The lowest BCUT2D eigenvalue weighted by atomic mass is 9.50. The summed E-state index contributed by atoms with van der Waals surface area (Å²) in [5, 5.41) is 0. The topological polar surface area (TPSA) is 234 Å². The van der Waals surface area contributed by atoms with E-state index in [9.17, 15) is 19.2 Å². The second-order valence-corrected chi connectivity index (χ2v) is 35.1. The van der Waals surface area contributed by atoms with E-state index in [0.29, 0.717) is 82.9 Å². The van der Waals surface area contributed by atoms with Crippen LogP contribution >= 0.6 is 0 Å². The standard InChI is InChI=1S/C32H54O6.C24H42O6.C17H34O6.C12H24O4/c1-6-29(4,5)28(33)38-32-19-25-17-30(21-32,36-23(2)34-26-13-9-7-10-14-26)20-31(18-25,22-32)37-24(3)35-27-15-11-8-12-16-27;1-8-21(6,7)20(25)30-24-13-19-11-22(15-24,28-17(4)26-9-2)14-23(12-19,16-24)29-18(5)27-10-3;1-8-17(6,7)16(18)22-12-15(23-14(5)20-10-3)11-21-13(4)19-9-2;1-6-12(4,5)11(13)16-9-8-15-10(3)14-7-2/h23-27H,6-22H2,1-5H3;17-19H,8-16H2,1-7H3;13-15H,8-12H2,1-7H3;10H,6-9H2,1-5H3. The molecule has 10 aliphatic rings. The van der Waals surface area contributed by atoms with Crippen molar-refractivity contribution in [3.63, 3.8) is 0 Å². The molecule has 22 heteroatoms. The molecule has 0 spiro atoms. The van der Waals surface area contributed by atoms with Gasteiger partial charge < -0.3 is 85.3 Å². The van der Waals surface area contributed by atoms with Gasteiger partial charge in [-0.3, -0.25) is 19.2 Å². The summed E-state index contributed by atoms with van der Waals surface area (Å²) in [6.45, 7) is 50.5. The Bertz CT molecular complexity index is 2520. The third kappa shape index (κ3) is 29.6. The number of hydrogen-bond donors (Lipinski definition) is 0. The van der Waals surface area contributed by atoms with Crippen molar-refractivity contribution < 1.29 is 104 Å². The predicted molar refractivity (Wildman–Crippen MR) is 411 cm³/mol. The van der Waals surface area contributed by atoms with Crippen LogP contribution in [-0.4, -0.2) is 179 Å². The molecule has 0 aliphatic heterocycles. The fourth-order valence-electron chi connectivity index (χ4n) is 17.7. The van der Waals surface area contributed by atoms with Gasteiger partial charge in [-0.15, -0.1) is 0 Å². The van der Waals surface area contributed by atoms with Gasteiger partial charge in [-0.25, -0.2) is 0 Å². The zero-order valence-electron chi connectivity index (χ0n) is 71.7. The van der Waals surface area contributed by atoms with Gasteiger partial charge in [0.15, 0.2) is 44.0 Å². The van der Waals surface area contributed by atoms with Crippen LogP contribution < -0.4 is 0 Å². The van der Waals surface area contributed by atoms with Crippen LogP contribution in [0.15, 0.2) is 0 Å². The van der Waals surface area contributed by atoms with Crippen LogP contribution in [-0.2, 0) is 104 Å². The molecule has 0 aromatic heterocycles. The van der Waals surface area contributed by atoms with Crippen molar-refractivity contribution in [3.05, 3.63) is 0 Å². The molecule has 0 aromatic carbocycles. The molecular formula is C85H154O22. The fraction of sp³-hybridized carbons (Fsp3) is 0.953. The number of ether oxygens (including phenoxy) is 18. The summed E-state index contributed by atoms with van der Waals surface area (Å²) in [6, 6.07) is 0. The minimum Gasteiger partial charge on any atom is -0.463 e. The molecule has 0 saturated heterocycles. The first-order valence-electron chi connectivity index (χ1n) is 42.0. The molecule has 0 heterocycles. The molecule has 626 valence electrons. The van der Waals surface area contributed by atoms with E-state index in [-0.39, 0.29) is 81.4 Å². The van der Waals surface area contributed by atoms with E-state index in [4.69, 9.17) is 85.3 Å². The van der Waals surface area contributed by atoms with Crippen LogP contribution in [0, 0.1) is 33.5 Å². The predicted octanol–water partition coefficient (Wildman–Crippen LogP) is 18.1. The maximum Gasteiger partial charge on any atom is 0.312 e. The van der Waals surface area contributed by atoms with Gasteiger partial charge >= 0.3 is 23.9 Å². The fourth-order valence-corrected chi connectivity index (χ4v) is 17.7. The van der Waals surface area contributed by atoms with Gasteiger partial charge in [0.1, 0.15) is 30.5 Å². The maximum atomic E-state index is 13.4. The average Bonchev–Trinajstić information content (AvgIpc) is 0.705. The lowest BCUT2D eigenvalue weighted by Crippen LogP contribution is -2.69. The number of rotatable bonds is 43. The van der Waals surface area contributed by atoms with Crippen LogP contribution in [0.3, 0.4) is 0 Å². The summed E-state index contributed by atoms with van der Waals surface area (Å²) >= 11 is 0. The summed E-state index contributed by atoms with van der Waals surface area (Å²) in [5.41, 5.74) is -4.57. The van der Waals surface area contributed by atoms with Crippen molar-refractivity contribution in [3.8, 4) is 0 Å². The van der Waals surface area contributed by atoms with Gasteiger partial charge in [-0.1, -0.05) is 66.2 Å². The Morgan fingerprint density at radius 2 is 0.626 bits per heavy atom. The molecule has 10 fully saturated rings. The Labute approximate surface area is 647 Å². The van der Waals surface area contributed by atoms with Crippen LogP contribution in [0.4, 0.5) is 0 Å². The van der Waals surface area contributed by atoms with Crippen molar-refractivity contribution in [2.45, 2.75) is 429 Å². The van der Waals surface area contributed by atoms with E-state index in [1.807, 2.05) is 138 Å². The number of carbonyl (C=O) groups is 4. The summed E-state index contributed by atoms with van der Waals surface area (Å²) in [5.74, 6) is 0.186. The Balaban J connectivity index is 0.000000268. The highest BCUT2D eigenvalue weighted by Gasteiger charge is 2.69. The average molecular weight is 1530 g/mol. The SMILES string of the molecule is CCC(C)(C)C(=O)OC12CC3CC(OC(C)OC4CCCCC4)(C1)CC(OC(C)OC1CCCCC1)(C3)C2.CCOC(C)OC12CC3CC(OC(=O)C(C)(C)CC)(C1)CC(OC(C)OCC)(C3)C2.CCOC(C)OCC(COC(=O)C(C)(C)CC)OC(C)OCC.CCOC(C)OCCOC(=O)C(C)(C)CC. The first-order valence-corrected chi connectivity index (χ1v) is 42.0. The largest absolute Gasteiger partial charge is 0.463 e. The lowest BCUT2D eigenvalue weighted by Gasteiger charge is -2.65. The summed E-state index contributed by atoms with van der Waals surface area (Å²) in [6.07, 6.45) is 23.4. The van der Waals surface area contributed by atoms with Crippen molar-refractivity contribution in [2.75, 3.05) is 59.5 Å². The van der Waals surface area contributed by atoms with Gasteiger partial charge in [0.05, 0.1) is 69.5 Å². The minimum absolute atomic E-state index is 0.0924. The molecule has 0 N–H and O–H groups in total. The molecule has 0 radical (unpaired) electrons. The molecular weight excluding hydrogens is 1370 g/mol. The van der Waals surface area contributed by atoms with E-state index in [1.165, 1.54) is 38.5 Å². The van der Waals surface area contributed by atoms with Crippen molar-refractivity contribution >= 4 is 23.9 Å². The Hall–Kier alpha value is -2.68. The molecule has 8 bridgehead atoms. The summed E-state index contributed by atoms with van der Waals surface area (Å²) in [4.78, 5) is 50.1. The Morgan fingerprint density at radius 1 is 0.327 bits per heavy atom. The molecule has 107 heavy (non-hydrogen) atoms. The molecule has 12 unspecified atom stereocenters. The normalized spacial score (nSPS) is 29.3. The van der Waals surface area contributed by atoms with Crippen LogP contribution in [0.25, 0.3) is 0 Å². The van der Waals surface area contributed by atoms with Crippen LogP contribution in [0.1, 0.15) is 333 Å². The first kappa shape index (κ1) is 94.9. The van der Waals surface area contributed by atoms with Gasteiger partial charge in [-0.05, 0) is 240 Å². The molecule has 22 nitrogen and oxygen atoms in total. The third-order valence-corrected chi connectivity index (χ3v) is 23.7. The summed E-state index contributed by atoms with van der Waals surface area (Å²) < 4.78 is 107. The van der Waals surface area contributed by atoms with E-state index < -0.39 is 67.7 Å². The molecule has 0 aromatic rings. The van der Waals surface area contributed by atoms with Crippen LogP contribution in [0.2, 0.25) is 0 Å². The molecule has 0 amide bonds. The van der Waals surface area contributed by atoms with E-state index in [1.54, 1.807) is 6.92 Å². The number of hydrogen-bond acceptors (Lipinski definition) is 22. The zero-order valence-corrected chi connectivity index (χ0v) is 71.7. The quantitative estimate of drug-likeness (QED) is 0.0239. The van der Waals surface area contributed by atoms with E-state index >= 15 is 0 Å². The molecule has 10 saturated carbocycles. The van der Waals surface area contributed by atoms with Gasteiger partial charge in [0.25, 0.3) is 0 Å². The zero-order chi connectivity index (χ0) is 79.7. The first-order chi connectivity index (χ1) is 50.2. The Morgan fingerprint density at radius 3 is 0.981 bits per heavy atom. The van der Waals surface area contributed by atoms with Gasteiger partial charge in [0.2, 0.25) is 0 Å². The molecule has 10 rings (SSSR count). The second-order valence-electron chi connectivity index (χ2n) is 35.1. The van der Waals surface area contributed by atoms with E-state index in [0.717, 1.165) is 109 Å². The minimum atomic E-state index is -0.544. The smallest absolute Gasteiger partial charge is 0.312 e. The van der Waals surface area contributed by atoms with Crippen LogP contribution in [0.5, 0.6) is 0 Å². The second kappa shape index (κ2) is 43.2. The molecule has 10 aliphatic carbocycles. The van der Waals surface area contributed by atoms with Crippen molar-refractivity contribution in [2.24, 2.45) is 33.5 Å². The van der Waals surface area contributed by atoms with Gasteiger partial charge in [-0.2, -0.15) is 0 Å². The van der Waals surface area contributed by atoms with E-state index in [2.05, 4.69) is 20.8 Å². The highest BCUT2D eigenvalue weighted by molar-refractivity contribution is 5.77. The number of carbonyl (C=O) groups excluding carboxylic acids is 4. The van der Waals surface area contributed by atoms with Crippen molar-refractivity contribution in [1.29, 1.82) is 0 Å². The third-order valence-electron chi connectivity index (χ3n) is 23.7. The Kier molecular flexibility index (Phi) is 38.3. The lowest BCUT2D eigenvalue weighted by molar-refractivity contribution is -0.341. The highest BCUT2D eigenvalue weighted by Crippen LogP contribution is 2.65.